The first-order chi connectivity index (χ1) is 12.4. The van der Waals surface area contributed by atoms with E-state index in [-0.39, 0.29) is 10.7 Å². The highest BCUT2D eigenvalue weighted by Crippen LogP contribution is 2.30. The summed E-state index contributed by atoms with van der Waals surface area (Å²) in [6.07, 6.45) is 0. The van der Waals surface area contributed by atoms with E-state index in [4.69, 9.17) is 21.1 Å². The Balaban J connectivity index is 1.85. The van der Waals surface area contributed by atoms with Crippen molar-refractivity contribution in [2.75, 3.05) is 18.9 Å². The van der Waals surface area contributed by atoms with Gasteiger partial charge in [-0.05, 0) is 29.8 Å². The molecule has 0 aliphatic heterocycles. The molecule has 0 saturated carbocycles. The number of halogens is 1. The molecule has 7 nitrogen and oxygen atoms in total. The number of hydrogen-bond acceptors (Lipinski definition) is 5. The highest BCUT2D eigenvalue weighted by atomic mass is 35.5. The lowest BCUT2D eigenvalue weighted by atomic mass is 10.1. The van der Waals surface area contributed by atoms with Gasteiger partial charge in [0.25, 0.3) is 10.0 Å². The molecular formula is C17H16ClN3O4S. The SMILES string of the molecule is COc1ccc(S(=O)(=O)Nc2cc(-c3ccc(Cl)cc3)[nH]n2)cc1OC. The maximum absolute atomic E-state index is 12.6. The zero-order valence-electron chi connectivity index (χ0n) is 14.0. The van der Waals surface area contributed by atoms with Gasteiger partial charge in [-0.3, -0.25) is 9.82 Å². The van der Waals surface area contributed by atoms with Gasteiger partial charge in [0.1, 0.15) is 0 Å². The standard InChI is InChI=1S/C17H16ClN3O4S/c1-24-15-8-7-13(9-16(15)25-2)26(22,23)21-17-10-14(19-20-17)11-3-5-12(18)6-4-11/h3-10H,1-2H3,(H2,19,20,21). The lowest BCUT2D eigenvalue weighted by Crippen LogP contribution is -2.13. The van der Waals surface area contributed by atoms with Crippen LogP contribution in [0.25, 0.3) is 11.3 Å². The van der Waals surface area contributed by atoms with E-state index in [2.05, 4.69) is 14.9 Å². The molecule has 2 N–H and O–H groups in total. The van der Waals surface area contributed by atoms with Crippen LogP contribution < -0.4 is 14.2 Å². The van der Waals surface area contributed by atoms with Crippen LogP contribution in [-0.2, 0) is 10.0 Å². The monoisotopic (exact) mass is 393 g/mol. The van der Waals surface area contributed by atoms with Crippen LogP contribution in [0.5, 0.6) is 11.5 Å². The number of benzene rings is 2. The van der Waals surface area contributed by atoms with Crippen LogP contribution in [0.15, 0.2) is 53.4 Å². The number of hydrogen-bond donors (Lipinski definition) is 2. The van der Waals surface area contributed by atoms with Crippen LogP contribution in [0.4, 0.5) is 5.82 Å². The van der Waals surface area contributed by atoms with E-state index in [1.54, 1.807) is 18.2 Å². The Morgan fingerprint density at radius 1 is 1.00 bits per heavy atom. The van der Waals surface area contributed by atoms with E-state index in [0.717, 1.165) is 5.56 Å². The molecule has 1 heterocycles. The molecule has 0 unspecified atom stereocenters. The molecule has 2 aromatic carbocycles. The van der Waals surface area contributed by atoms with Crippen molar-refractivity contribution in [3.05, 3.63) is 53.6 Å². The van der Waals surface area contributed by atoms with Crippen molar-refractivity contribution < 1.29 is 17.9 Å². The van der Waals surface area contributed by atoms with Gasteiger partial charge in [0, 0.05) is 17.2 Å². The molecule has 0 spiro atoms. The molecule has 0 aliphatic carbocycles. The number of H-pyrrole nitrogens is 1. The van der Waals surface area contributed by atoms with Crippen LogP contribution in [-0.4, -0.2) is 32.8 Å². The van der Waals surface area contributed by atoms with E-state index in [1.807, 2.05) is 12.1 Å². The number of aromatic amines is 1. The van der Waals surface area contributed by atoms with Gasteiger partial charge in [-0.1, -0.05) is 23.7 Å². The van der Waals surface area contributed by atoms with Gasteiger partial charge >= 0.3 is 0 Å². The number of methoxy groups -OCH3 is 2. The van der Waals surface area contributed by atoms with Gasteiger partial charge in [-0.2, -0.15) is 5.10 Å². The maximum Gasteiger partial charge on any atom is 0.263 e. The minimum absolute atomic E-state index is 0.0335. The number of ether oxygens (including phenoxy) is 2. The van der Waals surface area contributed by atoms with Gasteiger partial charge in [-0.15, -0.1) is 0 Å². The summed E-state index contributed by atoms with van der Waals surface area (Å²) >= 11 is 5.87. The Kier molecular flexibility index (Phi) is 5.06. The van der Waals surface area contributed by atoms with Crippen LogP contribution in [0, 0.1) is 0 Å². The van der Waals surface area contributed by atoms with Crippen LogP contribution >= 0.6 is 11.6 Å². The first-order valence-electron chi connectivity index (χ1n) is 7.49. The number of nitrogens with zero attached hydrogens (tertiary/aromatic N) is 1. The van der Waals surface area contributed by atoms with Gasteiger partial charge in [0.2, 0.25) is 0 Å². The highest BCUT2D eigenvalue weighted by Gasteiger charge is 2.18. The van der Waals surface area contributed by atoms with Gasteiger partial charge in [0.15, 0.2) is 17.3 Å². The van der Waals surface area contributed by atoms with E-state index < -0.39 is 10.0 Å². The summed E-state index contributed by atoms with van der Waals surface area (Å²) in [6, 6.07) is 13.0. The van der Waals surface area contributed by atoms with Crippen molar-refractivity contribution in [1.29, 1.82) is 0 Å². The summed E-state index contributed by atoms with van der Waals surface area (Å²) in [5.41, 5.74) is 1.49. The average Bonchev–Trinajstić information content (AvgIpc) is 3.09. The third-order valence-corrected chi connectivity index (χ3v) is 5.24. The maximum atomic E-state index is 12.6. The molecular weight excluding hydrogens is 378 g/mol. The third-order valence-electron chi connectivity index (χ3n) is 3.64. The second kappa shape index (κ2) is 7.27. The summed E-state index contributed by atoms with van der Waals surface area (Å²) in [4.78, 5) is 0.0335. The Hall–Kier alpha value is -2.71. The third kappa shape index (κ3) is 3.76. The fourth-order valence-corrected chi connectivity index (χ4v) is 3.46. The number of anilines is 1. The molecule has 26 heavy (non-hydrogen) atoms. The molecule has 3 rings (SSSR count). The molecule has 0 bridgehead atoms. The highest BCUT2D eigenvalue weighted by molar-refractivity contribution is 7.92. The lowest BCUT2D eigenvalue weighted by Gasteiger charge is -2.10. The summed E-state index contributed by atoms with van der Waals surface area (Å²) in [7, 11) is -0.919. The van der Waals surface area contributed by atoms with Crippen molar-refractivity contribution in [1.82, 2.24) is 10.2 Å². The van der Waals surface area contributed by atoms with Crippen molar-refractivity contribution in [3.63, 3.8) is 0 Å². The zero-order chi connectivity index (χ0) is 18.7. The molecule has 0 amide bonds. The minimum Gasteiger partial charge on any atom is -0.493 e. The zero-order valence-corrected chi connectivity index (χ0v) is 15.6. The molecule has 3 aromatic rings. The molecule has 0 aliphatic rings. The van der Waals surface area contributed by atoms with E-state index in [0.29, 0.717) is 22.2 Å². The molecule has 136 valence electrons. The van der Waals surface area contributed by atoms with Crippen molar-refractivity contribution in [2.24, 2.45) is 0 Å². The summed E-state index contributed by atoms with van der Waals surface area (Å²) in [5, 5.41) is 7.40. The molecule has 0 fully saturated rings. The minimum atomic E-state index is -3.84. The fraction of sp³-hybridized carbons (Fsp3) is 0.118. The topological polar surface area (TPSA) is 93.3 Å². The summed E-state index contributed by atoms with van der Waals surface area (Å²) in [6.45, 7) is 0. The molecule has 9 heteroatoms. The van der Waals surface area contributed by atoms with Gasteiger partial charge in [0.05, 0.1) is 24.8 Å². The molecule has 1 aromatic heterocycles. The predicted octanol–water partition coefficient (Wildman–Crippen LogP) is 3.55. The second-order valence-corrected chi connectivity index (χ2v) is 7.41. The largest absolute Gasteiger partial charge is 0.493 e. The lowest BCUT2D eigenvalue weighted by molar-refractivity contribution is 0.354. The van der Waals surface area contributed by atoms with E-state index in [1.165, 1.54) is 32.4 Å². The molecule has 0 atom stereocenters. The van der Waals surface area contributed by atoms with Crippen LogP contribution in [0.3, 0.4) is 0 Å². The van der Waals surface area contributed by atoms with E-state index in [9.17, 15) is 8.42 Å². The smallest absolute Gasteiger partial charge is 0.263 e. The first-order valence-corrected chi connectivity index (χ1v) is 9.35. The first kappa shape index (κ1) is 18.1. The Bertz CT molecular complexity index is 1020. The van der Waals surface area contributed by atoms with Crippen molar-refractivity contribution >= 4 is 27.4 Å². The van der Waals surface area contributed by atoms with Crippen molar-refractivity contribution in [2.45, 2.75) is 4.90 Å². The number of rotatable bonds is 6. The van der Waals surface area contributed by atoms with Gasteiger partial charge < -0.3 is 9.47 Å². The summed E-state index contributed by atoms with van der Waals surface area (Å²) < 4.78 is 37.9. The van der Waals surface area contributed by atoms with Crippen molar-refractivity contribution in [3.8, 4) is 22.8 Å². The van der Waals surface area contributed by atoms with E-state index >= 15 is 0 Å². The van der Waals surface area contributed by atoms with Gasteiger partial charge in [-0.25, -0.2) is 8.42 Å². The molecule has 0 radical (unpaired) electrons. The van der Waals surface area contributed by atoms with Crippen LogP contribution in [0.2, 0.25) is 5.02 Å². The second-order valence-electron chi connectivity index (χ2n) is 5.30. The van der Waals surface area contributed by atoms with Crippen LogP contribution in [0.1, 0.15) is 0 Å². The number of sulfonamides is 1. The summed E-state index contributed by atoms with van der Waals surface area (Å²) in [5.74, 6) is 0.931. The number of aromatic nitrogens is 2. The quantitative estimate of drug-likeness (QED) is 0.668. The number of nitrogens with one attached hydrogen (secondary N) is 2. The average molecular weight is 394 g/mol. The normalized spacial score (nSPS) is 11.2. The Morgan fingerprint density at radius 3 is 2.35 bits per heavy atom. The molecule has 0 saturated heterocycles. The Morgan fingerprint density at radius 2 is 1.69 bits per heavy atom. The fourth-order valence-electron chi connectivity index (χ4n) is 2.33. The predicted molar refractivity (Wildman–Crippen MR) is 99.4 cm³/mol. The Labute approximate surface area is 156 Å².